The van der Waals surface area contributed by atoms with Crippen molar-refractivity contribution in [1.29, 1.82) is 0 Å². The number of amides is 1. The molecule has 0 aliphatic carbocycles. The van der Waals surface area contributed by atoms with Gasteiger partial charge in [0, 0.05) is 25.6 Å². The van der Waals surface area contributed by atoms with Gasteiger partial charge in [0.1, 0.15) is 24.4 Å². The van der Waals surface area contributed by atoms with Crippen molar-refractivity contribution in [2.45, 2.75) is 25.6 Å². The summed E-state index contributed by atoms with van der Waals surface area (Å²) in [5.41, 5.74) is 0. The van der Waals surface area contributed by atoms with Crippen LogP contribution in [0.5, 0.6) is 5.88 Å². The summed E-state index contributed by atoms with van der Waals surface area (Å²) in [5.74, 6) is 0.887. The van der Waals surface area contributed by atoms with Gasteiger partial charge in [-0.25, -0.2) is 14.4 Å². The molecule has 8 heteroatoms. The molecule has 1 aromatic rings. The van der Waals surface area contributed by atoms with Gasteiger partial charge in [-0.2, -0.15) is 0 Å². The number of carbonyl (C=O) groups excluding carboxylic acids is 1. The Bertz CT molecular complexity index is 553. The van der Waals surface area contributed by atoms with Crippen LogP contribution in [-0.4, -0.2) is 72.4 Å². The highest BCUT2D eigenvalue weighted by Crippen LogP contribution is 2.28. The minimum Gasteiger partial charge on any atom is -0.478 e. The van der Waals surface area contributed by atoms with Crippen LogP contribution in [0.3, 0.4) is 0 Å². The van der Waals surface area contributed by atoms with Gasteiger partial charge >= 0.3 is 0 Å². The predicted molar refractivity (Wildman–Crippen MR) is 81.2 cm³/mol. The fourth-order valence-electron chi connectivity index (χ4n) is 2.98. The van der Waals surface area contributed by atoms with Crippen LogP contribution in [0.15, 0.2) is 12.4 Å². The molecule has 1 amide bonds. The van der Waals surface area contributed by atoms with E-state index in [4.69, 9.17) is 9.47 Å². The molecule has 0 unspecified atom stereocenters. The maximum absolute atomic E-state index is 14.0. The molecule has 7 nitrogen and oxygen atoms in total. The van der Waals surface area contributed by atoms with Crippen LogP contribution in [0.2, 0.25) is 0 Å². The SMILES string of the molecule is CCOc1cc(N2C[C@H](F)C[C@H]2C(=O)N2CCOCC2)ncn1. The van der Waals surface area contributed by atoms with Crippen LogP contribution in [0.4, 0.5) is 10.2 Å². The van der Waals surface area contributed by atoms with Crippen LogP contribution in [0, 0.1) is 0 Å². The molecule has 2 saturated heterocycles. The van der Waals surface area contributed by atoms with E-state index in [1.54, 1.807) is 15.9 Å². The third-order valence-electron chi connectivity index (χ3n) is 4.07. The van der Waals surface area contributed by atoms with E-state index in [2.05, 4.69) is 9.97 Å². The first-order chi connectivity index (χ1) is 11.2. The number of alkyl halides is 1. The summed E-state index contributed by atoms with van der Waals surface area (Å²) in [5, 5.41) is 0. The minimum absolute atomic E-state index is 0.0648. The highest BCUT2D eigenvalue weighted by atomic mass is 19.1. The Kier molecular flexibility index (Phi) is 4.90. The van der Waals surface area contributed by atoms with E-state index in [1.165, 1.54) is 6.33 Å². The first kappa shape index (κ1) is 15.9. The maximum Gasteiger partial charge on any atom is 0.245 e. The standard InChI is InChI=1S/C15H21FN4O3/c1-2-23-14-8-13(17-10-18-14)20-9-11(16)7-12(20)15(21)19-3-5-22-6-4-19/h8,10-12H,2-7,9H2,1H3/t11-,12+/m1/s1. The van der Waals surface area contributed by atoms with E-state index in [0.717, 1.165) is 0 Å². The first-order valence-electron chi connectivity index (χ1n) is 7.91. The van der Waals surface area contributed by atoms with Crippen molar-refractivity contribution in [2.24, 2.45) is 0 Å². The molecule has 2 fully saturated rings. The Morgan fingerprint density at radius 3 is 2.96 bits per heavy atom. The Morgan fingerprint density at radius 1 is 1.43 bits per heavy atom. The van der Waals surface area contributed by atoms with Crippen molar-refractivity contribution in [1.82, 2.24) is 14.9 Å². The Morgan fingerprint density at radius 2 is 2.22 bits per heavy atom. The van der Waals surface area contributed by atoms with Gasteiger partial charge < -0.3 is 19.3 Å². The van der Waals surface area contributed by atoms with E-state index in [0.29, 0.717) is 44.6 Å². The highest BCUT2D eigenvalue weighted by Gasteiger charge is 2.40. The van der Waals surface area contributed by atoms with Gasteiger partial charge in [-0.15, -0.1) is 0 Å². The van der Waals surface area contributed by atoms with Crippen LogP contribution in [-0.2, 0) is 9.53 Å². The van der Waals surface area contributed by atoms with Gasteiger partial charge in [0.25, 0.3) is 0 Å². The molecule has 23 heavy (non-hydrogen) atoms. The zero-order valence-corrected chi connectivity index (χ0v) is 13.2. The summed E-state index contributed by atoms with van der Waals surface area (Å²) in [6.45, 7) is 4.66. The molecule has 3 heterocycles. The zero-order valence-electron chi connectivity index (χ0n) is 13.2. The number of hydrogen-bond donors (Lipinski definition) is 0. The normalized spacial score (nSPS) is 24.8. The van der Waals surface area contributed by atoms with Crippen LogP contribution < -0.4 is 9.64 Å². The van der Waals surface area contributed by atoms with E-state index < -0.39 is 12.2 Å². The van der Waals surface area contributed by atoms with E-state index in [-0.39, 0.29) is 18.9 Å². The van der Waals surface area contributed by atoms with Gasteiger partial charge in [-0.3, -0.25) is 4.79 Å². The van der Waals surface area contributed by atoms with Crippen molar-refractivity contribution in [2.75, 3.05) is 44.4 Å². The number of anilines is 1. The fraction of sp³-hybridized carbons (Fsp3) is 0.667. The van der Waals surface area contributed by atoms with E-state index in [9.17, 15) is 9.18 Å². The number of carbonyl (C=O) groups is 1. The second-order valence-electron chi connectivity index (χ2n) is 5.59. The summed E-state index contributed by atoms with van der Waals surface area (Å²) in [7, 11) is 0. The second kappa shape index (κ2) is 7.08. The van der Waals surface area contributed by atoms with E-state index >= 15 is 0 Å². The number of ether oxygens (including phenoxy) is 2. The smallest absolute Gasteiger partial charge is 0.245 e. The van der Waals surface area contributed by atoms with Crippen LogP contribution in [0.1, 0.15) is 13.3 Å². The van der Waals surface area contributed by atoms with Gasteiger partial charge in [0.2, 0.25) is 11.8 Å². The lowest BCUT2D eigenvalue weighted by Gasteiger charge is -2.32. The summed E-state index contributed by atoms with van der Waals surface area (Å²) >= 11 is 0. The molecule has 126 valence electrons. The predicted octanol–water partition coefficient (Wildman–Crippen LogP) is 0.651. The molecule has 1 aromatic heterocycles. The number of rotatable bonds is 4. The molecule has 0 bridgehead atoms. The first-order valence-corrected chi connectivity index (χ1v) is 7.91. The lowest BCUT2D eigenvalue weighted by atomic mass is 10.1. The monoisotopic (exact) mass is 324 g/mol. The van der Waals surface area contributed by atoms with E-state index in [1.807, 2.05) is 6.92 Å². The zero-order chi connectivity index (χ0) is 16.2. The lowest BCUT2D eigenvalue weighted by Crippen LogP contribution is -2.50. The van der Waals surface area contributed by atoms with Crippen molar-refractivity contribution in [3.63, 3.8) is 0 Å². The van der Waals surface area contributed by atoms with Crippen molar-refractivity contribution in [3.05, 3.63) is 12.4 Å². The number of aromatic nitrogens is 2. The average Bonchev–Trinajstić information content (AvgIpc) is 2.97. The fourth-order valence-corrected chi connectivity index (χ4v) is 2.98. The number of nitrogens with zero attached hydrogens (tertiary/aromatic N) is 4. The number of hydrogen-bond acceptors (Lipinski definition) is 6. The third-order valence-corrected chi connectivity index (χ3v) is 4.07. The van der Waals surface area contributed by atoms with Gasteiger partial charge in [-0.1, -0.05) is 0 Å². The average molecular weight is 324 g/mol. The topological polar surface area (TPSA) is 67.8 Å². The Balaban J connectivity index is 1.78. The molecule has 0 spiro atoms. The second-order valence-corrected chi connectivity index (χ2v) is 5.59. The summed E-state index contributed by atoms with van der Waals surface area (Å²) in [4.78, 5) is 24.4. The van der Waals surface area contributed by atoms with Crippen molar-refractivity contribution >= 4 is 11.7 Å². The van der Waals surface area contributed by atoms with Gasteiger partial charge in [0.05, 0.1) is 26.4 Å². The van der Waals surface area contributed by atoms with Crippen LogP contribution in [0.25, 0.3) is 0 Å². The molecule has 3 rings (SSSR count). The maximum atomic E-state index is 14.0. The molecular formula is C15H21FN4O3. The summed E-state index contributed by atoms with van der Waals surface area (Å²) in [6, 6.07) is 1.12. The summed E-state index contributed by atoms with van der Waals surface area (Å²) in [6.07, 6.45) is 0.516. The lowest BCUT2D eigenvalue weighted by molar-refractivity contribution is -0.136. The number of morpholine rings is 1. The molecule has 2 atom stereocenters. The van der Waals surface area contributed by atoms with Gasteiger partial charge in [-0.05, 0) is 6.92 Å². The Labute approximate surface area is 134 Å². The molecule has 0 saturated carbocycles. The quantitative estimate of drug-likeness (QED) is 0.810. The number of halogens is 1. The molecule has 2 aliphatic rings. The molecule has 0 N–H and O–H groups in total. The molecular weight excluding hydrogens is 303 g/mol. The van der Waals surface area contributed by atoms with Crippen LogP contribution >= 0.6 is 0 Å². The largest absolute Gasteiger partial charge is 0.478 e. The minimum atomic E-state index is -1.05. The summed E-state index contributed by atoms with van der Waals surface area (Å²) < 4.78 is 24.6. The molecule has 0 radical (unpaired) electrons. The van der Waals surface area contributed by atoms with Crippen molar-refractivity contribution in [3.8, 4) is 5.88 Å². The highest BCUT2D eigenvalue weighted by molar-refractivity contribution is 5.86. The van der Waals surface area contributed by atoms with Crippen molar-refractivity contribution < 1.29 is 18.7 Å². The Hall–Kier alpha value is -1.96. The van der Waals surface area contributed by atoms with Gasteiger partial charge in [0.15, 0.2) is 0 Å². The molecule has 2 aliphatic heterocycles. The third kappa shape index (κ3) is 3.52. The molecule has 0 aromatic carbocycles.